The van der Waals surface area contributed by atoms with Crippen LogP contribution in [0.1, 0.15) is 0 Å². The highest BCUT2D eigenvalue weighted by Gasteiger charge is 2.04. The van der Waals surface area contributed by atoms with Crippen LogP contribution in [0, 0.1) is 6.20 Å². The normalized spacial score (nSPS) is 10.1. The number of nitrogens with zero attached hydrogens (tertiary/aromatic N) is 2. The molecular formula is C8H5ClN3. The quantitative estimate of drug-likeness (QED) is 0.725. The molecule has 12 heavy (non-hydrogen) atoms. The minimum Gasteiger partial charge on any atom is -0.276 e. The summed E-state index contributed by atoms with van der Waals surface area (Å²) in [5.41, 5.74) is 1.39. The number of aromatic amines is 1. The van der Waals surface area contributed by atoms with E-state index < -0.39 is 0 Å². The van der Waals surface area contributed by atoms with Gasteiger partial charge in [-0.15, -0.1) is 0 Å². The van der Waals surface area contributed by atoms with Crippen LogP contribution in [0.2, 0.25) is 5.02 Å². The topological polar surface area (TPSA) is 41.6 Å². The van der Waals surface area contributed by atoms with E-state index in [0.717, 1.165) is 0 Å². The summed E-state index contributed by atoms with van der Waals surface area (Å²) in [5.74, 6) is 0. The molecule has 0 spiro atoms. The van der Waals surface area contributed by atoms with Gasteiger partial charge in [-0.05, 0) is 18.2 Å². The van der Waals surface area contributed by atoms with Crippen LogP contribution in [-0.2, 0) is 0 Å². The van der Waals surface area contributed by atoms with Crippen LogP contribution >= 0.6 is 11.6 Å². The zero-order chi connectivity index (χ0) is 8.39. The molecule has 4 heteroatoms. The zero-order valence-electron chi connectivity index (χ0n) is 6.08. The minimum absolute atomic E-state index is 0.595. The van der Waals surface area contributed by atoms with E-state index >= 15 is 0 Å². The van der Waals surface area contributed by atoms with Crippen LogP contribution in [0.5, 0.6) is 0 Å². The Hall–Kier alpha value is -1.35. The number of aromatic nitrogens is 3. The van der Waals surface area contributed by atoms with Gasteiger partial charge in [0.2, 0.25) is 0 Å². The van der Waals surface area contributed by atoms with Gasteiger partial charge in [0.1, 0.15) is 11.4 Å². The average molecular weight is 179 g/mol. The Morgan fingerprint density at radius 2 is 2.42 bits per heavy atom. The molecule has 3 nitrogen and oxygen atoms in total. The van der Waals surface area contributed by atoms with Gasteiger partial charge in [0, 0.05) is 6.20 Å². The summed E-state index contributed by atoms with van der Waals surface area (Å²) < 4.78 is 0. The molecule has 0 atom stereocenters. The summed E-state index contributed by atoms with van der Waals surface area (Å²) in [6.45, 7) is 0. The first-order chi connectivity index (χ1) is 5.88. The molecule has 2 aromatic rings. The molecule has 0 saturated carbocycles. The third kappa shape index (κ3) is 1.19. The van der Waals surface area contributed by atoms with Gasteiger partial charge in [-0.2, -0.15) is 5.10 Å². The fraction of sp³-hybridized carbons (Fsp3) is 0. The third-order valence-corrected chi connectivity index (χ3v) is 1.76. The number of hydrogen-bond donors (Lipinski definition) is 1. The average Bonchev–Trinajstić information content (AvgIpc) is 2.57. The van der Waals surface area contributed by atoms with Gasteiger partial charge in [0.05, 0.1) is 11.2 Å². The Kier molecular flexibility index (Phi) is 1.80. The molecule has 0 saturated heterocycles. The van der Waals surface area contributed by atoms with Gasteiger partial charge in [-0.3, -0.25) is 10.1 Å². The third-order valence-electron chi connectivity index (χ3n) is 1.45. The smallest absolute Gasteiger partial charge is 0.113 e. The van der Waals surface area contributed by atoms with Gasteiger partial charge < -0.3 is 0 Å². The van der Waals surface area contributed by atoms with E-state index in [2.05, 4.69) is 21.4 Å². The van der Waals surface area contributed by atoms with E-state index in [4.69, 9.17) is 11.6 Å². The zero-order valence-corrected chi connectivity index (χ0v) is 6.84. The summed E-state index contributed by atoms with van der Waals surface area (Å²) in [6.07, 6.45) is 4.40. The maximum Gasteiger partial charge on any atom is 0.113 e. The maximum absolute atomic E-state index is 5.89. The highest BCUT2D eigenvalue weighted by atomic mass is 35.5. The Balaban J connectivity index is 2.55. The van der Waals surface area contributed by atoms with Gasteiger partial charge in [0.25, 0.3) is 0 Å². The largest absolute Gasteiger partial charge is 0.276 e. The maximum atomic E-state index is 5.89. The molecule has 0 fully saturated rings. The van der Waals surface area contributed by atoms with E-state index in [1.54, 1.807) is 24.4 Å². The Morgan fingerprint density at radius 3 is 3.08 bits per heavy atom. The lowest BCUT2D eigenvalue weighted by Crippen LogP contribution is -1.83. The highest BCUT2D eigenvalue weighted by Crippen LogP contribution is 2.21. The summed E-state index contributed by atoms with van der Waals surface area (Å²) in [4.78, 5) is 4.09. The second-order valence-corrected chi connectivity index (χ2v) is 2.64. The van der Waals surface area contributed by atoms with Crippen molar-refractivity contribution in [2.75, 3.05) is 0 Å². The summed E-state index contributed by atoms with van der Waals surface area (Å²) in [6, 6.07) is 5.26. The van der Waals surface area contributed by atoms with E-state index in [0.29, 0.717) is 16.4 Å². The van der Waals surface area contributed by atoms with E-state index in [1.165, 1.54) is 0 Å². The molecule has 2 aromatic heterocycles. The van der Waals surface area contributed by atoms with E-state index in [-0.39, 0.29) is 0 Å². The molecule has 2 rings (SSSR count). The minimum atomic E-state index is 0.595. The van der Waals surface area contributed by atoms with Crippen molar-refractivity contribution in [1.82, 2.24) is 15.2 Å². The molecule has 0 unspecified atom stereocenters. The van der Waals surface area contributed by atoms with Crippen LogP contribution in [-0.4, -0.2) is 15.2 Å². The molecule has 0 amide bonds. The van der Waals surface area contributed by atoms with Gasteiger partial charge in [-0.1, -0.05) is 11.6 Å². The monoisotopic (exact) mass is 178 g/mol. The van der Waals surface area contributed by atoms with Crippen LogP contribution in [0.4, 0.5) is 0 Å². The van der Waals surface area contributed by atoms with Gasteiger partial charge in [0.15, 0.2) is 0 Å². The van der Waals surface area contributed by atoms with Gasteiger partial charge >= 0.3 is 0 Å². The molecule has 0 aliphatic heterocycles. The second-order valence-electron chi connectivity index (χ2n) is 2.23. The highest BCUT2D eigenvalue weighted by molar-refractivity contribution is 6.32. The van der Waals surface area contributed by atoms with Crippen molar-refractivity contribution in [1.29, 1.82) is 0 Å². The standard InChI is InChI=1S/C8H5ClN3/c9-6-2-1-4-10-8(6)7-3-5-11-12-7/h1-4H,(H,11,12). The number of hydrogen-bond acceptors (Lipinski definition) is 2. The molecule has 1 N–H and O–H groups in total. The lowest BCUT2D eigenvalue weighted by molar-refractivity contribution is 1.08. The number of halogens is 1. The fourth-order valence-corrected chi connectivity index (χ4v) is 1.14. The molecule has 0 aliphatic carbocycles. The van der Waals surface area contributed by atoms with E-state index in [9.17, 15) is 0 Å². The van der Waals surface area contributed by atoms with Gasteiger partial charge in [-0.25, -0.2) is 0 Å². The molecule has 0 aromatic carbocycles. The summed E-state index contributed by atoms with van der Waals surface area (Å²) in [7, 11) is 0. The number of H-pyrrole nitrogens is 1. The van der Waals surface area contributed by atoms with Crippen molar-refractivity contribution in [3.05, 3.63) is 35.6 Å². The van der Waals surface area contributed by atoms with Crippen molar-refractivity contribution >= 4 is 11.6 Å². The molecule has 2 heterocycles. The SMILES string of the molecule is Clc1cccnc1-c1c[c][nH]n1. The van der Waals surface area contributed by atoms with Crippen molar-refractivity contribution in [2.24, 2.45) is 0 Å². The molecule has 0 aliphatic rings. The molecule has 59 valence electrons. The van der Waals surface area contributed by atoms with Crippen LogP contribution in [0.15, 0.2) is 24.4 Å². The second kappa shape index (κ2) is 2.95. The Bertz CT molecular complexity index is 370. The van der Waals surface area contributed by atoms with Crippen LogP contribution in [0.25, 0.3) is 11.4 Å². The van der Waals surface area contributed by atoms with Crippen molar-refractivity contribution in [3.63, 3.8) is 0 Å². The predicted molar refractivity (Wildman–Crippen MR) is 45.7 cm³/mol. The number of rotatable bonds is 1. The first-order valence-electron chi connectivity index (χ1n) is 3.40. The van der Waals surface area contributed by atoms with Crippen molar-refractivity contribution < 1.29 is 0 Å². The first-order valence-corrected chi connectivity index (χ1v) is 3.78. The Morgan fingerprint density at radius 1 is 1.50 bits per heavy atom. The summed E-state index contributed by atoms with van der Waals surface area (Å²) >= 11 is 5.89. The Labute approximate surface area is 74.4 Å². The van der Waals surface area contributed by atoms with E-state index in [1.807, 2.05) is 0 Å². The molecule has 0 bridgehead atoms. The fourth-order valence-electron chi connectivity index (χ4n) is 0.921. The molecule has 1 radical (unpaired) electrons. The van der Waals surface area contributed by atoms with Crippen molar-refractivity contribution in [2.45, 2.75) is 0 Å². The lowest BCUT2D eigenvalue weighted by atomic mass is 10.3. The van der Waals surface area contributed by atoms with Crippen molar-refractivity contribution in [3.8, 4) is 11.4 Å². The van der Waals surface area contributed by atoms with Crippen LogP contribution < -0.4 is 0 Å². The lowest BCUT2D eigenvalue weighted by Gasteiger charge is -1.96. The predicted octanol–water partition coefficient (Wildman–Crippen LogP) is 1.93. The number of nitrogens with one attached hydrogen (secondary N) is 1. The summed E-state index contributed by atoms with van der Waals surface area (Å²) in [5, 5.41) is 7.10. The molecular weight excluding hydrogens is 174 g/mol. The van der Waals surface area contributed by atoms with Crippen LogP contribution in [0.3, 0.4) is 0 Å². The number of pyridine rings is 1. The first kappa shape index (κ1) is 7.31.